The molecule has 3 nitrogen and oxygen atoms in total. The van der Waals surface area contributed by atoms with Crippen LogP contribution in [0, 0.1) is 5.82 Å². The molecule has 0 atom stereocenters. The molecule has 1 fully saturated rings. The average Bonchev–Trinajstić information content (AvgIpc) is 2.35. The fourth-order valence-electron chi connectivity index (χ4n) is 2.72. The zero-order valence-electron chi connectivity index (χ0n) is 9.75. The van der Waals surface area contributed by atoms with Crippen molar-refractivity contribution in [3.8, 4) is 5.75 Å². The largest absolute Gasteiger partial charge is 0.505 e. The van der Waals surface area contributed by atoms with Crippen molar-refractivity contribution in [2.45, 2.75) is 37.5 Å². The van der Waals surface area contributed by atoms with E-state index in [1.807, 2.05) is 0 Å². The Hall–Kier alpha value is -1.29. The Bertz CT molecular complexity index is 481. The van der Waals surface area contributed by atoms with E-state index in [-0.39, 0.29) is 10.6 Å². The van der Waals surface area contributed by atoms with Gasteiger partial charge >= 0.3 is 5.97 Å². The van der Waals surface area contributed by atoms with Gasteiger partial charge in [-0.15, -0.1) is 0 Å². The normalized spacial score (nSPS) is 18.6. The molecule has 0 bridgehead atoms. The molecule has 98 valence electrons. The van der Waals surface area contributed by atoms with Crippen molar-refractivity contribution in [3.63, 3.8) is 0 Å². The fourth-order valence-corrected chi connectivity index (χ4v) is 3.06. The van der Waals surface area contributed by atoms with Crippen LogP contribution in [0.4, 0.5) is 4.39 Å². The molecule has 1 aliphatic carbocycles. The number of carboxylic acids is 1. The van der Waals surface area contributed by atoms with Crippen LogP contribution in [0.25, 0.3) is 0 Å². The molecule has 1 saturated carbocycles. The Kier molecular flexibility index (Phi) is 3.48. The van der Waals surface area contributed by atoms with Crippen LogP contribution in [0.2, 0.25) is 5.02 Å². The van der Waals surface area contributed by atoms with E-state index in [9.17, 15) is 19.4 Å². The van der Waals surface area contributed by atoms with Gasteiger partial charge in [0.15, 0.2) is 11.6 Å². The number of halogens is 2. The summed E-state index contributed by atoms with van der Waals surface area (Å²) in [5.74, 6) is -2.52. The molecule has 0 heterocycles. The summed E-state index contributed by atoms with van der Waals surface area (Å²) in [5.41, 5.74) is -1.24. The predicted molar refractivity (Wildman–Crippen MR) is 65.5 cm³/mol. The van der Waals surface area contributed by atoms with E-state index in [0.717, 1.165) is 25.3 Å². The minimum absolute atomic E-state index is 0.0244. The van der Waals surface area contributed by atoms with E-state index in [1.165, 1.54) is 6.07 Å². The Morgan fingerprint density at radius 3 is 2.44 bits per heavy atom. The number of hydrogen-bond donors (Lipinski definition) is 2. The molecule has 1 aromatic rings. The Balaban J connectivity index is 2.63. The van der Waals surface area contributed by atoms with Crippen molar-refractivity contribution in [3.05, 3.63) is 28.5 Å². The van der Waals surface area contributed by atoms with Gasteiger partial charge in [-0.3, -0.25) is 4.79 Å². The number of aromatic hydroxyl groups is 1. The second-order valence-electron chi connectivity index (χ2n) is 4.70. The molecule has 0 amide bonds. The highest BCUT2D eigenvalue weighted by atomic mass is 35.5. The number of benzene rings is 1. The third kappa shape index (κ3) is 1.94. The summed E-state index contributed by atoms with van der Waals surface area (Å²) in [4.78, 5) is 11.6. The monoisotopic (exact) mass is 272 g/mol. The molecular formula is C13H14ClFO3. The summed E-state index contributed by atoms with van der Waals surface area (Å²) in [5, 5.41) is 19.4. The van der Waals surface area contributed by atoms with Gasteiger partial charge in [-0.2, -0.15) is 0 Å². The van der Waals surface area contributed by atoms with Crippen LogP contribution in [-0.4, -0.2) is 16.2 Å². The maximum atomic E-state index is 13.4. The molecule has 1 aliphatic rings. The van der Waals surface area contributed by atoms with Gasteiger partial charge in [0, 0.05) is 10.6 Å². The van der Waals surface area contributed by atoms with Crippen molar-refractivity contribution in [1.29, 1.82) is 0 Å². The molecule has 2 N–H and O–H groups in total. The first-order chi connectivity index (χ1) is 8.49. The topological polar surface area (TPSA) is 57.5 Å². The second kappa shape index (κ2) is 4.76. The highest BCUT2D eigenvalue weighted by Crippen LogP contribution is 2.47. The zero-order chi connectivity index (χ0) is 13.3. The minimum Gasteiger partial charge on any atom is -0.505 e. The van der Waals surface area contributed by atoms with Crippen molar-refractivity contribution in [2.75, 3.05) is 0 Å². The summed E-state index contributed by atoms with van der Waals surface area (Å²) in [6.45, 7) is 0. The second-order valence-corrected chi connectivity index (χ2v) is 5.11. The van der Waals surface area contributed by atoms with Crippen LogP contribution in [0.1, 0.15) is 37.7 Å². The number of aliphatic carboxylic acids is 1. The lowest BCUT2D eigenvalue weighted by molar-refractivity contribution is -0.145. The maximum absolute atomic E-state index is 13.4. The maximum Gasteiger partial charge on any atom is 0.314 e. The Morgan fingerprint density at radius 1 is 1.28 bits per heavy atom. The number of phenolic OH excluding ortho intramolecular Hbond substituents is 1. The number of hydrogen-bond acceptors (Lipinski definition) is 2. The Morgan fingerprint density at radius 2 is 1.89 bits per heavy atom. The van der Waals surface area contributed by atoms with E-state index in [1.54, 1.807) is 0 Å². The number of carbonyl (C=O) groups is 1. The van der Waals surface area contributed by atoms with Gasteiger partial charge in [-0.05, 0) is 25.0 Å². The van der Waals surface area contributed by atoms with Crippen LogP contribution in [0.3, 0.4) is 0 Å². The molecule has 0 aliphatic heterocycles. The van der Waals surface area contributed by atoms with Gasteiger partial charge in [-0.25, -0.2) is 4.39 Å². The van der Waals surface area contributed by atoms with Gasteiger partial charge in [0.2, 0.25) is 0 Å². The van der Waals surface area contributed by atoms with Crippen LogP contribution in [-0.2, 0) is 10.2 Å². The highest BCUT2D eigenvalue weighted by molar-refractivity contribution is 6.32. The molecule has 5 heteroatoms. The molecule has 0 unspecified atom stereocenters. The third-order valence-corrected chi connectivity index (χ3v) is 3.99. The smallest absolute Gasteiger partial charge is 0.314 e. The van der Waals surface area contributed by atoms with Crippen LogP contribution >= 0.6 is 11.6 Å². The van der Waals surface area contributed by atoms with Gasteiger partial charge < -0.3 is 10.2 Å². The summed E-state index contributed by atoms with van der Waals surface area (Å²) >= 11 is 5.98. The first-order valence-electron chi connectivity index (χ1n) is 5.90. The van der Waals surface area contributed by atoms with Gasteiger partial charge in [-0.1, -0.05) is 30.9 Å². The summed E-state index contributed by atoms with van der Waals surface area (Å²) in [6, 6.07) is 2.34. The van der Waals surface area contributed by atoms with Crippen LogP contribution in [0.15, 0.2) is 12.1 Å². The molecule has 0 radical (unpaired) electrons. The molecule has 0 saturated heterocycles. The molecule has 0 spiro atoms. The standard InChI is InChI=1S/C13H14ClFO3/c14-8-4-5-9(15)11(16)10(8)13(12(17)18)6-2-1-3-7-13/h4-5,16H,1-3,6-7H2,(H,17,18). The van der Waals surface area contributed by atoms with E-state index in [4.69, 9.17) is 11.6 Å². The SMILES string of the molecule is O=C(O)C1(c2c(Cl)ccc(F)c2O)CCCCC1. The van der Waals surface area contributed by atoms with Crippen molar-refractivity contribution >= 4 is 17.6 Å². The van der Waals surface area contributed by atoms with Crippen molar-refractivity contribution < 1.29 is 19.4 Å². The van der Waals surface area contributed by atoms with E-state index in [2.05, 4.69) is 0 Å². The minimum atomic E-state index is -1.26. The molecule has 18 heavy (non-hydrogen) atoms. The summed E-state index contributed by atoms with van der Waals surface area (Å²) in [7, 11) is 0. The van der Waals surface area contributed by atoms with Crippen molar-refractivity contribution in [2.24, 2.45) is 0 Å². The average molecular weight is 273 g/mol. The summed E-state index contributed by atoms with van der Waals surface area (Å²) in [6.07, 6.45) is 3.16. The predicted octanol–water partition coefficient (Wildman–Crippen LogP) is 3.47. The van der Waals surface area contributed by atoms with Gasteiger partial charge in [0.1, 0.15) is 0 Å². The number of carboxylic acid groups (broad SMARTS) is 1. The molecule has 0 aromatic heterocycles. The number of rotatable bonds is 2. The van der Waals surface area contributed by atoms with Crippen LogP contribution in [0.5, 0.6) is 5.75 Å². The molecule has 2 rings (SSSR count). The fraction of sp³-hybridized carbons (Fsp3) is 0.462. The van der Waals surface area contributed by atoms with Crippen molar-refractivity contribution in [1.82, 2.24) is 0 Å². The van der Waals surface area contributed by atoms with E-state index >= 15 is 0 Å². The lowest BCUT2D eigenvalue weighted by atomic mass is 9.69. The Labute approximate surface area is 109 Å². The number of phenols is 1. The molecule has 1 aromatic carbocycles. The molecular weight excluding hydrogens is 259 g/mol. The van der Waals surface area contributed by atoms with Gasteiger partial charge in [0.25, 0.3) is 0 Å². The first kappa shape index (κ1) is 13.1. The van der Waals surface area contributed by atoms with E-state index in [0.29, 0.717) is 12.8 Å². The third-order valence-electron chi connectivity index (χ3n) is 3.67. The summed E-state index contributed by atoms with van der Waals surface area (Å²) < 4.78 is 13.4. The highest BCUT2D eigenvalue weighted by Gasteiger charge is 2.45. The van der Waals surface area contributed by atoms with E-state index < -0.39 is 23.0 Å². The lowest BCUT2D eigenvalue weighted by Gasteiger charge is -2.34. The quantitative estimate of drug-likeness (QED) is 0.867. The van der Waals surface area contributed by atoms with Crippen LogP contribution < -0.4 is 0 Å². The lowest BCUT2D eigenvalue weighted by Crippen LogP contribution is -2.38. The van der Waals surface area contributed by atoms with Gasteiger partial charge in [0.05, 0.1) is 5.41 Å². The zero-order valence-corrected chi connectivity index (χ0v) is 10.5. The first-order valence-corrected chi connectivity index (χ1v) is 6.28.